The van der Waals surface area contributed by atoms with Crippen LogP contribution in [-0.4, -0.2) is 40.0 Å². The van der Waals surface area contributed by atoms with Gasteiger partial charge in [0.25, 0.3) is 0 Å². The van der Waals surface area contributed by atoms with Gasteiger partial charge in [-0.3, -0.25) is 28.5 Å². The minimum atomic E-state index is -4.67. The summed E-state index contributed by atoms with van der Waals surface area (Å²) in [7, 11) is -4.67. The molecule has 2 aromatic rings. The second kappa shape index (κ2) is 9.32. The molecular formula is C16H14N2O7S. The number of hydrogen-bond donors (Lipinski definition) is 3. The first kappa shape index (κ1) is 20.8. The summed E-state index contributed by atoms with van der Waals surface area (Å²) < 4.78 is 31.6. The number of amides is 1. The van der Waals surface area contributed by atoms with Gasteiger partial charge in [0.2, 0.25) is 5.91 Å². The molecule has 1 aromatic carbocycles. The number of rotatable bonds is 1. The Kier molecular flexibility index (Phi) is 7.47. The number of hydrogen-bond acceptors (Lipinski definition) is 6. The second-order valence-corrected chi connectivity index (χ2v) is 5.56. The monoisotopic (exact) mass is 378 g/mol. The lowest BCUT2D eigenvalue weighted by Crippen LogP contribution is -2.10. The summed E-state index contributed by atoms with van der Waals surface area (Å²) in [5.41, 5.74) is 6.39. The van der Waals surface area contributed by atoms with Gasteiger partial charge in [-0.1, -0.05) is 24.3 Å². The number of ketones is 2. The van der Waals surface area contributed by atoms with Crippen molar-refractivity contribution < 1.29 is 31.9 Å². The highest BCUT2D eigenvalue weighted by atomic mass is 32.3. The maximum atomic E-state index is 11.2. The van der Waals surface area contributed by atoms with Crippen LogP contribution < -0.4 is 5.73 Å². The molecule has 9 nitrogen and oxygen atoms in total. The number of carbonyl (C=O) groups excluding carboxylic acids is 3. The maximum absolute atomic E-state index is 11.2. The minimum Gasteiger partial charge on any atom is -0.366 e. The number of fused-ring (bicyclic) bond motifs is 1. The van der Waals surface area contributed by atoms with Crippen LogP contribution in [0.5, 0.6) is 0 Å². The van der Waals surface area contributed by atoms with Crippen LogP contribution in [0.1, 0.15) is 31.1 Å². The van der Waals surface area contributed by atoms with E-state index in [1.165, 1.54) is 18.3 Å². The van der Waals surface area contributed by atoms with Gasteiger partial charge in [-0.25, -0.2) is 0 Å². The first-order chi connectivity index (χ1) is 12.1. The van der Waals surface area contributed by atoms with Crippen LogP contribution in [0, 0.1) is 0 Å². The molecule has 0 atom stereocenters. The highest BCUT2D eigenvalue weighted by Crippen LogP contribution is 2.15. The maximum Gasteiger partial charge on any atom is 0.394 e. The summed E-state index contributed by atoms with van der Waals surface area (Å²) in [5.74, 6) is -0.626. The molecule has 4 N–H and O–H groups in total. The zero-order valence-electron chi connectivity index (χ0n) is 13.1. The number of primary amides is 1. The Bertz CT molecular complexity index is 893. The van der Waals surface area contributed by atoms with Gasteiger partial charge in [-0.15, -0.1) is 0 Å². The second-order valence-electron chi connectivity index (χ2n) is 4.66. The van der Waals surface area contributed by atoms with E-state index in [2.05, 4.69) is 4.98 Å². The summed E-state index contributed by atoms with van der Waals surface area (Å²) in [5, 5.41) is 0. The van der Waals surface area contributed by atoms with E-state index in [0.29, 0.717) is 16.7 Å². The average Bonchev–Trinajstić information content (AvgIpc) is 2.58. The number of aromatic nitrogens is 1. The average molecular weight is 378 g/mol. The van der Waals surface area contributed by atoms with Crippen molar-refractivity contribution in [1.29, 1.82) is 0 Å². The van der Waals surface area contributed by atoms with E-state index in [-0.39, 0.29) is 11.6 Å². The van der Waals surface area contributed by atoms with E-state index in [1.54, 1.807) is 42.6 Å². The van der Waals surface area contributed by atoms with Crippen molar-refractivity contribution in [2.24, 2.45) is 5.73 Å². The van der Waals surface area contributed by atoms with E-state index >= 15 is 0 Å². The van der Waals surface area contributed by atoms with Gasteiger partial charge < -0.3 is 5.73 Å². The van der Waals surface area contributed by atoms with Crippen molar-refractivity contribution in [3.8, 4) is 0 Å². The normalized spacial score (nSPS) is 12.1. The van der Waals surface area contributed by atoms with E-state index < -0.39 is 16.3 Å². The molecule has 136 valence electrons. The smallest absolute Gasteiger partial charge is 0.366 e. The Morgan fingerprint density at radius 1 is 0.923 bits per heavy atom. The van der Waals surface area contributed by atoms with Crippen molar-refractivity contribution in [3.63, 3.8) is 0 Å². The van der Waals surface area contributed by atoms with E-state index in [4.69, 9.17) is 23.3 Å². The lowest BCUT2D eigenvalue weighted by Gasteiger charge is -2.06. The molecule has 3 rings (SSSR count). The molecule has 1 amide bonds. The van der Waals surface area contributed by atoms with E-state index in [9.17, 15) is 14.4 Å². The van der Waals surface area contributed by atoms with Crippen LogP contribution in [-0.2, 0) is 10.4 Å². The van der Waals surface area contributed by atoms with Crippen LogP contribution in [0.25, 0.3) is 0 Å². The Labute approximate surface area is 148 Å². The molecule has 1 aromatic heterocycles. The SMILES string of the molecule is NC(=O)c1cccnc1.O=C1C=CC(=O)c2ccccc21.O=S(=O)(O)O. The van der Waals surface area contributed by atoms with Gasteiger partial charge >= 0.3 is 10.4 Å². The number of nitrogens with zero attached hydrogens (tertiary/aromatic N) is 1. The van der Waals surface area contributed by atoms with Crippen LogP contribution in [0.2, 0.25) is 0 Å². The molecule has 26 heavy (non-hydrogen) atoms. The molecule has 1 aliphatic rings. The third kappa shape index (κ3) is 7.57. The van der Waals surface area contributed by atoms with Crippen molar-refractivity contribution >= 4 is 27.9 Å². The Morgan fingerprint density at radius 3 is 1.69 bits per heavy atom. The molecule has 0 fully saturated rings. The third-order valence-corrected chi connectivity index (χ3v) is 2.79. The van der Waals surface area contributed by atoms with Crippen molar-refractivity contribution in [3.05, 3.63) is 77.6 Å². The van der Waals surface area contributed by atoms with E-state index in [1.807, 2.05) is 0 Å². The molecule has 1 heterocycles. The van der Waals surface area contributed by atoms with Crippen LogP contribution in [0.4, 0.5) is 0 Å². The summed E-state index contributed by atoms with van der Waals surface area (Å²) >= 11 is 0. The number of pyridine rings is 1. The Hall–Kier alpha value is -3.21. The van der Waals surface area contributed by atoms with Gasteiger partial charge in [-0.05, 0) is 24.3 Å². The fourth-order valence-electron chi connectivity index (χ4n) is 1.75. The van der Waals surface area contributed by atoms with E-state index in [0.717, 1.165) is 0 Å². The topological polar surface area (TPSA) is 165 Å². The molecular weight excluding hydrogens is 364 g/mol. The summed E-state index contributed by atoms with van der Waals surface area (Å²) in [4.78, 5) is 36.5. The lowest BCUT2D eigenvalue weighted by atomic mass is 9.95. The molecule has 10 heteroatoms. The Morgan fingerprint density at radius 2 is 1.38 bits per heavy atom. The fourth-order valence-corrected chi connectivity index (χ4v) is 1.75. The zero-order valence-corrected chi connectivity index (χ0v) is 14.0. The number of benzene rings is 1. The first-order valence-electron chi connectivity index (χ1n) is 6.85. The Balaban J connectivity index is 0.000000214. The molecule has 0 bridgehead atoms. The highest BCUT2D eigenvalue weighted by molar-refractivity contribution is 7.79. The molecule has 0 spiro atoms. The van der Waals surface area contributed by atoms with Crippen LogP contribution >= 0.6 is 0 Å². The standard InChI is InChI=1S/C10H6O2.C6H6N2O.H2O4S/c11-9-5-6-10(12)8-4-2-1-3-7(8)9;7-6(9)5-2-1-3-8-4-5;1-5(2,3)4/h1-6H;1-4H,(H2,7,9);(H2,1,2,3,4). The molecule has 0 unspecified atom stereocenters. The predicted molar refractivity (Wildman–Crippen MR) is 91.2 cm³/mol. The number of allylic oxidation sites excluding steroid dienone is 2. The number of carbonyl (C=O) groups is 3. The summed E-state index contributed by atoms with van der Waals surface area (Å²) in [6.07, 6.45) is 5.64. The lowest BCUT2D eigenvalue weighted by molar-refractivity contribution is 0.0994. The molecule has 0 aliphatic heterocycles. The predicted octanol–water partition coefficient (Wildman–Crippen LogP) is 1.15. The molecule has 1 aliphatic carbocycles. The minimum absolute atomic E-state index is 0.0924. The third-order valence-electron chi connectivity index (χ3n) is 2.79. The van der Waals surface area contributed by atoms with Crippen molar-refractivity contribution in [1.82, 2.24) is 4.98 Å². The molecule has 0 saturated heterocycles. The number of nitrogens with two attached hydrogens (primary N) is 1. The van der Waals surface area contributed by atoms with Gasteiger partial charge in [-0.2, -0.15) is 8.42 Å². The first-order valence-corrected chi connectivity index (χ1v) is 8.24. The summed E-state index contributed by atoms with van der Waals surface area (Å²) in [6, 6.07) is 10.1. The van der Waals surface area contributed by atoms with Gasteiger partial charge in [0.05, 0.1) is 5.56 Å². The highest BCUT2D eigenvalue weighted by Gasteiger charge is 2.16. The van der Waals surface area contributed by atoms with Gasteiger partial charge in [0.15, 0.2) is 11.6 Å². The molecule has 0 radical (unpaired) electrons. The zero-order chi connectivity index (χ0) is 19.7. The van der Waals surface area contributed by atoms with Gasteiger partial charge in [0, 0.05) is 23.5 Å². The largest absolute Gasteiger partial charge is 0.394 e. The van der Waals surface area contributed by atoms with Crippen LogP contribution in [0.15, 0.2) is 60.9 Å². The quantitative estimate of drug-likeness (QED) is 0.622. The van der Waals surface area contributed by atoms with Crippen molar-refractivity contribution in [2.75, 3.05) is 0 Å². The summed E-state index contributed by atoms with van der Waals surface area (Å²) in [6.45, 7) is 0. The fraction of sp³-hybridized carbons (Fsp3) is 0. The van der Waals surface area contributed by atoms with Crippen molar-refractivity contribution in [2.45, 2.75) is 0 Å². The van der Waals surface area contributed by atoms with Gasteiger partial charge in [0.1, 0.15) is 0 Å². The molecule has 0 saturated carbocycles. The van der Waals surface area contributed by atoms with Crippen LogP contribution in [0.3, 0.4) is 0 Å².